The minimum atomic E-state index is -0.0428. The van der Waals surface area contributed by atoms with Gasteiger partial charge in [-0.05, 0) is 41.7 Å². The van der Waals surface area contributed by atoms with Crippen LogP contribution < -0.4 is 4.90 Å². The number of aromatic nitrogens is 2. The van der Waals surface area contributed by atoms with E-state index in [0.717, 1.165) is 41.0 Å². The largest absolute Gasteiger partial charge is 0.376 e. The van der Waals surface area contributed by atoms with E-state index in [2.05, 4.69) is 51.5 Å². The first-order valence-corrected chi connectivity index (χ1v) is 15.1. The summed E-state index contributed by atoms with van der Waals surface area (Å²) >= 11 is 0. The van der Waals surface area contributed by atoms with Crippen LogP contribution in [0.4, 0.5) is 5.82 Å². The van der Waals surface area contributed by atoms with Crippen molar-refractivity contribution in [2.45, 2.75) is 25.4 Å². The van der Waals surface area contributed by atoms with Gasteiger partial charge in [0.15, 0.2) is 5.82 Å². The lowest BCUT2D eigenvalue weighted by molar-refractivity contribution is -0.141. The highest BCUT2D eigenvalue weighted by atomic mass is 16.5. The third kappa shape index (κ3) is 7.27. The Kier molecular flexibility index (Phi) is 9.04. The molecule has 220 valence electrons. The number of hydrogen-bond acceptors (Lipinski definition) is 6. The number of rotatable bonds is 9. The van der Waals surface area contributed by atoms with Crippen LogP contribution in [0.3, 0.4) is 0 Å². The highest BCUT2D eigenvalue weighted by molar-refractivity contribution is 5.86. The Hall–Kier alpha value is -4.56. The summed E-state index contributed by atoms with van der Waals surface area (Å²) in [4.78, 5) is 32.3. The molecular formula is C35H37N5O3. The fraction of sp³-hybridized carbons (Fsp3) is 0.314. The van der Waals surface area contributed by atoms with E-state index in [1.54, 1.807) is 4.90 Å². The molecule has 2 aliphatic rings. The number of amides is 2. The number of hydrogen-bond donors (Lipinski definition) is 0. The summed E-state index contributed by atoms with van der Waals surface area (Å²) < 4.78 is 5.80. The fourth-order valence-corrected chi connectivity index (χ4v) is 5.73. The molecule has 43 heavy (non-hydrogen) atoms. The van der Waals surface area contributed by atoms with Gasteiger partial charge in [-0.2, -0.15) is 0 Å². The molecule has 0 unspecified atom stereocenters. The number of anilines is 1. The lowest BCUT2D eigenvalue weighted by Crippen LogP contribution is -2.53. The number of benzene rings is 3. The Labute approximate surface area is 252 Å². The van der Waals surface area contributed by atoms with Crippen LogP contribution in [-0.4, -0.2) is 83.8 Å². The summed E-state index contributed by atoms with van der Waals surface area (Å²) in [6, 6.07) is 32.3. The maximum absolute atomic E-state index is 13.3. The van der Waals surface area contributed by atoms with Crippen LogP contribution >= 0.6 is 0 Å². The molecule has 0 saturated carbocycles. The Bertz CT molecular complexity index is 1480. The third-order valence-corrected chi connectivity index (χ3v) is 8.22. The Morgan fingerprint density at radius 1 is 0.767 bits per heavy atom. The van der Waals surface area contributed by atoms with Gasteiger partial charge >= 0.3 is 0 Å². The second-order valence-electron chi connectivity index (χ2n) is 11.2. The van der Waals surface area contributed by atoms with Crippen molar-refractivity contribution >= 4 is 17.6 Å². The zero-order chi connectivity index (χ0) is 29.4. The average molecular weight is 576 g/mol. The van der Waals surface area contributed by atoms with Gasteiger partial charge in [0.2, 0.25) is 11.8 Å². The summed E-state index contributed by atoms with van der Waals surface area (Å²) in [6.45, 7) is 3.71. The maximum Gasteiger partial charge on any atom is 0.242 e. The number of nitrogens with zero attached hydrogens (tertiary/aromatic N) is 5. The molecule has 2 aliphatic heterocycles. The molecule has 0 spiro atoms. The molecule has 3 heterocycles. The van der Waals surface area contributed by atoms with E-state index in [1.807, 2.05) is 65.6 Å². The molecule has 6 rings (SSSR count). The van der Waals surface area contributed by atoms with E-state index in [9.17, 15) is 9.59 Å². The van der Waals surface area contributed by atoms with Crippen molar-refractivity contribution < 1.29 is 14.3 Å². The molecule has 0 aliphatic carbocycles. The predicted molar refractivity (Wildman–Crippen MR) is 167 cm³/mol. The van der Waals surface area contributed by atoms with Crippen molar-refractivity contribution in [3.63, 3.8) is 0 Å². The van der Waals surface area contributed by atoms with Crippen molar-refractivity contribution in [3.8, 4) is 22.4 Å². The van der Waals surface area contributed by atoms with Crippen molar-refractivity contribution in [1.29, 1.82) is 0 Å². The molecule has 0 N–H and O–H groups in total. The van der Waals surface area contributed by atoms with E-state index >= 15 is 0 Å². The molecule has 0 radical (unpaired) electrons. The van der Waals surface area contributed by atoms with E-state index < -0.39 is 0 Å². The number of piperazine rings is 1. The number of ether oxygens (including phenoxy) is 1. The summed E-state index contributed by atoms with van der Waals surface area (Å²) in [5.74, 6) is 0.730. The summed E-state index contributed by atoms with van der Waals surface area (Å²) in [5, 5.41) is 9.00. The van der Waals surface area contributed by atoms with Crippen LogP contribution in [-0.2, 0) is 20.7 Å². The van der Waals surface area contributed by atoms with Gasteiger partial charge in [-0.1, -0.05) is 84.9 Å². The topological polar surface area (TPSA) is 78.9 Å². The normalized spacial score (nSPS) is 16.7. The fourth-order valence-electron chi connectivity index (χ4n) is 5.73. The van der Waals surface area contributed by atoms with Gasteiger partial charge in [-0.3, -0.25) is 9.59 Å². The van der Waals surface area contributed by atoms with Crippen LogP contribution in [0.25, 0.3) is 22.4 Å². The Morgan fingerprint density at radius 2 is 1.44 bits per heavy atom. The van der Waals surface area contributed by atoms with Crippen LogP contribution in [0, 0.1) is 0 Å². The van der Waals surface area contributed by atoms with Gasteiger partial charge in [0.25, 0.3) is 0 Å². The van der Waals surface area contributed by atoms with Gasteiger partial charge in [0.05, 0.1) is 24.8 Å². The molecule has 1 atom stereocenters. The Balaban J connectivity index is 1.03. The van der Waals surface area contributed by atoms with Crippen molar-refractivity contribution in [3.05, 3.63) is 103 Å². The lowest BCUT2D eigenvalue weighted by Gasteiger charge is -2.36. The van der Waals surface area contributed by atoms with E-state index in [-0.39, 0.29) is 30.9 Å². The van der Waals surface area contributed by atoms with Crippen LogP contribution in [0.15, 0.2) is 97.1 Å². The average Bonchev–Trinajstić information content (AvgIpc) is 3.59. The van der Waals surface area contributed by atoms with Crippen LogP contribution in [0.1, 0.15) is 18.4 Å². The molecule has 8 heteroatoms. The van der Waals surface area contributed by atoms with Gasteiger partial charge in [-0.25, -0.2) is 0 Å². The number of carbonyl (C=O) groups is 2. The molecular weight excluding hydrogens is 538 g/mol. The molecule has 1 aromatic heterocycles. The molecule has 0 bridgehead atoms. The van der Waals surface area contributed by atoms with Gasteiger partial charge in [-0.15, -0.1) is 10.2 Å². The lowest BCUT2D eigenvalue weighted by atomic mass is 10.0. The highest BCUT2D eigenvalue weighted by Gasteiger charge is 2.28. The second-order valence-corrected chi connectivity index (χ2v) is 11.2. The minimum absolute atomic E-state index is 0.00674. The smallest absolute Gasteiger partial charge is 0.242 e. The SMILES string of the molecule is O=C(CN(C[C@@H]1CCCO1)C(=O)Cc1ccccc1)N1CCN(c2ccc(-c3ccc(-c4ccccc4)cc3)nn2)CC1. The second kappa shape index (κ2) is 13.6. The van der Waals surface area contributed by atoms with Crippen molar-refractivity contribution in [2.24, 2.45) is 0 Å². The van der Waals surface area contributed by atoms with E-state index in [1.165, 1.54) is 5.56 Å². The quantitative estimate of drug-likeness (QED) is 0.288. The van der Waals surface area contributed by atoms with Gasteiger partial charge in [0, 0.05) is 44.9 Å². The van der Waals surface area contributed by atoms with E-state index in [0.29, 0.717) is 39.3 Å². The summed E-state index contributed by atoms with van der Waals surface area (Å²) in [6.07, 6.45) is 2.18. The molecule has 2 fully saturated rings. The standard InChI is InChI=1S/C35H37N5O3/c41-34(24-27-8-3-1-4-9-27)40(25-31-12-7-23-43-31)26-35(42)39-21-19-38(20-22-39)33-18-17-32(36-37-33)30-15-13-29(14-16-30)28-10-5-2-6-11-28/h1-6,8-11,13-18,31H,7,12,19-26H2/t31-/m0/s1. The van der Waals surface area contributed by atoms with Gasteiger partial charge in [0.1, 0.15) is 0 Å². The number of carbonyl (C=O) groups excluding carboxylic acids is 2. The van der Waals surface area contributed by atoms with Crippen LogP contribution in [0.5, 0.6) is 0 Å². The van der Waals surface area contributed by atoms with Crippen LogP contribution in [0.2, 0.25) is 0 Å². The third-order valence-electron chi connectivity index (χ3n) is 8.22. The van der Waals surface area contributed by atoms with Crippen molar-refractivity contribution in [1.82, 2.24) is 20.0 Å². The highest BCUT2D eigenvalue weighted by Crippen LogP contribution is 2.24. The Morgan fingerprint density at radius 3 is 2.09 bits per heavy atom. The molecule has 2 saturated heterocycles. The molecule has 4 aromatic rings. The monoisotopic (exact) mass is 575 g/mol. The first kappa shape index (κ1) is 28.6. The zero-order valence-electron chi connectivity index (χ0n) is 24.3. The molecule has 3 aromatic carbocycles. The van der Waals surface area contributed by atoms with Crippen molar-refractivity contribution in [2.75, 3.05) is 50.8 Å². The molecule has 8 nitrogen and oxygen atoms in total. The maximum atomic E-state index is 13.3. The van der Waals surface area contributed by atoms with E-state index in [4.69, 9.17) is 4.74 Å². The zero-order valence-corrected chi connectivity index (χ0v) is 24.3. The first-order valence-electron chi connectivity index (χ1n) is 15.1. The molecule has 2 amide bonds. The first-order chi connectivity index (χ1) is 21.1. The predicted octanol–water partition coefficient (Wildman–Crippen LogP) is 4.71. The summed E-state index contributed by atoms with van der Waals surface area (Å²) in [5.41, 5.74) is 5.13. The minimum Gasteiger partial charge on any atom is -0.376 e. The summed E-state index contributed by atoms with van der Waals surface area (Å²) in [7, 11) is 0. The van der Waals surface area contributed by atoms with Gasteiger partial charge < -0.3 is 19.4 Å².